The molecule has 0 unspecified atom stereocenters. The van der Waals surface area contributed by atoms with Crippen LogP contribution in [0.1, 0.15) is 45.5 Å². The van der Waals surface area contributed by atoms with Crippen LogP contribution in [0.25, 0.3) is 0 Å². The van der Waals surface area contributed by atoms with Crippen molar-refractivity contribution >= 4 is 18.4 Å². The summed E-state index contributed by atoms with van der Waals surface area (Å²) in [7, 11) is -0.896. The first-order valence-electron chi connectivity index (χ1n) is 10.0. The van der Waals surface area contributed by atoms with Crippen LogP contribution in [0.5, 0.6) is 0 Å². The monoisotopic (exact) mass is 270 g/mol. The normalized spacial score (nSPS) is 28.9. The van der Waals surface area contributed by atoms with Crippen LogP contribution >= 0.6 is 0 Å². The topological polar surface area (TPSA) is 34.6 Å². The lowest BCUT2D eigenvalue weighted by Gasteiger charge is -2.32. The molecule has 1 aromatic heterocycles. The quantitative estimate of drug-likeness (QED) is 0.785. The number of aromatic nitrogens is 1. The van der Waals surface area contributed by atoms with E-state index >= 15 is 0 Å². The smallest absolute Gasteiger partial charge is 0.398 e. The molecular weight excluding hydrogens is 239 g/mol. The molecule has 19 heavy (non-hydrogen) atoms. The molecule has 0 aliphatic carbocycles. The van der Waals surface area contributed by atoms with Crippen LogP contribution in [0.15, 0.2) is 18.3 Å². The van der Waals surface area contributed by atoms with Gasteiger partial charge in [0, 0.05) is 36.3 Å². The Hall–Kier alpha value is -1.07. The minimum Gasteiger partial charge on any atom is -0.398 e. The zero-order valence-corrected chi connectivity index (χ0v) is 11.5. The summed E-state index contributed by atoms with van der Waals surface area (Å²) in [5, 5.41) is 0. The van der Waals surface area contributed by atoms with Crippen molar-refractivity contribution in [1.29, 1.82) is 0 Å². The fourth-order valence-electron chi connectivity index (χ4n) is 1.73. The highest BCUT2D eigenvalue weighted by Crippen LogP contribution is 2.36. The minimum atomic E-state index is -3.19. The molecule has 1 aliphatic heterocycles. The van der Waals surface area contributed by atoms with E-state index in [9.17, 15) is 0 Å². The van der Waals surface area contributed by atoms with E-state index in [2.05, 4.69) is 4.98 Å². The van der Waals surface area contributed by atoms with E-state index in [4.69, 9.17) is 20.3 Å². The van der Waals surface area contributed by atoms with Gasteiger partial charge >= 0.3 is 7.12 Å². The average Bonchev–Trinajstić information content (AvgIpc) is 2.64. The number of hydrogen-bond donors (Lipinski definition) is 0. The highest BCUT2D eigenvalue weighted by molar-refractivity contribution is 6.61. The van der Waals surface area contributed by atoms with Gasteiger partial charge in [-0.25, -0.2) is 0 Å². The third-order valence-electron chi connectivity index (χ3n) is 3.63. The van der Waals surface area contributed by atoms with Crippen molar-refractivity contribution in [3.63, 3.8) is 0 Å². The molecule has 1 aliphatic rings. The molecule has 2 heterocycles. The Morgan fingerprint density at radius 3 is 2.63 bits per heavy atom. The van der Waals surface area contributed by atoms with Gasteiger partial charge in [-0.3, -0.25) is 4.98 Å². The summed E-state index contributed by atoms with van der Waals surface area (Å²) in [6.45, 7) is -1.97. The molecule has 0 atom stereocenters. The number of pyridine rings is 1. The minimum absolute atomic E-state index is 0.157. The first-order chi connectivity index (χ1) is 11.9. The van der Waals surface area contributed by atoms with Crippen molar-refractivity contribution in [2.75, 3.05) is 18.4 Å². The van der Waals surface area contributed by atoms with Gasteiger partial charge in [-0.05, 0) is 46.7 Å². The number of nitrogens with zero attached hydrogens (tertiary/aromatic N) is 2. The number of rotatable bonds is 3. The van der Waals surface area contributed by atoms with E-state index in [1.54, 1.807) is 0 Å². The molecule has 0 aromatic carbocycles. The van der Waals surface area contributed by atoms with Crippen molar-refractivity contribution in [2.45, 2.75) is 45.7 Å². The van der Waals surface area contributed by atoms with Gasteiger partial charge in [0.05, 0.1) is 16.8 Å². The fraction of sp³-hybridized carbons (Fsp3) is 0.643. The van der Waals surface area contributed by atoms with Crippen LogP contribution in [0.4, 0.5) is 5.69 Å². The van der Waals surface area contributed by atoms with E-state index in [1.165, 1.54) is 18.3 Å². The van der Waals surface area contributed by atoms with Crippen molar-refractivity contribution in [3.8, 4) is 0 Å². The molecule has 5 heteroatoms. The van der Waals surface area contributed by atoms with Gasteiger partial charge in [0.2, 0.25) is 0 Å². The molecule has 0 radical (unpaired) electrons. The Balaban J connectivity index is 2.49. The van der Waals surface area contributed by atoms with Gasteiger partial charge < -0.3 is 14.2 Å². The maximum Gasteiger partial charge on any atom is 0.514 e. The van der Waals surface area contributed by atoms with E-state index in [1.807, 2.05) is 27.7 Å². The SMILES string of the molecule is [2H]C([2H])([2H])N(c1ccnc(B2OC(C)(C)C(C)(C)O2)c1)C([2H])([2H])C([2H])([2H])[2H]. The third kappa shape index (κ3) is 2.62. The van der Waals surface area contributed by atoms with Crippen molar-refractivity contribution < 1.29 is 20.3 Å². The second-order valence-corrected chi connectivity index (χ2v) is 5.47. The lowest BCUT2D eigenvalue weighted by molar-refractivity contribution is 0.00578. The molecule has 1 saturated heterocycles. The highest BCUT2D eigenvalue weighted by Gasteiger charge is 2.52. The second kappa shape index (κ2) is 4.80. The molecule has 1 fully saturated rings. The number of hydrogen-bond acceptors (Lipinski definition) is 4. The fourth-order valence-corrected chi connectivity index (χ4v) is 1.73. The maximum atomic E-state index is 7.92. The average molecular weight is 270 g/mol. The summed E-state index contributed by atoms with van der Waals surface area (Å²) in [5.74, 6) is 0. The van der Waals surface area contributed by atoms with Crippen molar-refractivity contribution in [2.24, 2.45) is 0 Å². The predicted molar refractivity (Wildman–Crippen MR) is 78.9 cm³/mol. The molecule has 0 saturated carbocycles. The zero-order valence-electron chi connectivity index (χ0n) is 19.5. The van der Waals surface area contributed by atoms with Gasteiger partial charge in [0.1, 0.15) is 0 Å². The summed E-state index contributed by atoms with van der Waals surface area (Å²) in [4.78, 5) is 4.41. The van der Waals surface area contributed by atoms with Gasteiger partial charge in [0.15, 0.2) is 0 Å². The van der Waals surface area contributed by atoms with Crippen LogP contribution in [0, 0.1) is 0 Å². The highest BCUT2D eigenvalue weighted by atomic mass is 16.7. The first-order valence-corrected chi connectivity index (χ1v) is 6.02. The van der Waals surface area contributed by atoms with E-state index < -0.39 is 38.6 Å². The molecule has 4 nitrogen and oxygen atoms in total. The first kappa shape index (κ1) is 7.09. The standard InChI is InChI=1S/C14H23BN2O2/c1-7-17(6)11-8-9-16-12(10-11)15-18-13(2,3)14(4,5)19-15/h8-10H,7H2,1-6H3/i1D3,6D3,7D2. The Bertz CT molecular complexity index is 689. The maximum absolute atomic E-state index is 7.92. The second-order valence-electron chi connectivity index (χ2n) is 5.47. The molecule has 0 bridgehead atoms. The Kier molecular flexibility index (Phi) is 1.79. The molecule has 0 spiro atoms. The molecule has 104 valence electrons. The molecule has 2 rings (SSSR count). The van der Waals surface area contributed by atoms with E-state index in [0.717, 1.165) is 0 Å². The van der Waals surface area contributed by atoms with Gasteiger partial charge in [-0.15, -0.1) is 0 Å². The molecule has 1 aromatic rings. The lowest BCUT2D eigenvalue weighted by Crippen LogP contribution is -2.41. The van der Waals surface area contributed by atoms with Gasteiger partial charge in [0.25, 0.3) is 0 Å². The van der Waals surface area contributed by atoms with Crippen LogP contribution in [-0.2, 0) is 9.31 Å². The predicted octanol–water partition coefficient (Wildman–Crippen LogP) is 1.84. The van der Waals surface area contributed by atoms with Crippen molar-refractivity contribution in [1.82, 2.24) is 4.98 Å². The summed E-state index contributed by atoms with van der Waals surface area (Å²) in [5.41, 5.74) is -1.23. The Morgan fingerprint density at radius 1 is 1.37 bits per heavy atom. The van der Waals surface area contributed by atoms with Crippen LogP contribution in [0.3, 0.4) is 0 Å². The molecule has 0 amide bonds. The van der Waals surface area contributed by atoms with Gasteiger partial charge in [-0.1, -0.05) is 0 Å². The Morgan fingerprint density at radius 2 is 2.05 bits per heavy atom. The van der Waals surface area contributed by atoms with Crippen LogP contribution in [0.2, 0.25) is 0 Å². The Labute approximate surface area is 127 Å². The van der Waals surface area contributed by atoms with E-state index in [0.29, 0.717) is 0 Å². The summed E-state index contributed by atoms with van der Waals surface area (Å²) in [6.07, 6.45) is 1.27. The largest absolute Gasteiger partial charge is 0.514 e. The van der Waals surface area contributed by atoms with E-state index in [-0.39, 0.29) is 16.2 Å². The van der Waals surface area contributed by atoms with Gasteiger partial charge in [-0.2, -0.15) is 0 Å². The summed E-state index contributed by atoms with van der Waals surface area (Å²) >= 11 is 0. The van der Waals surface area contributed by atoms with Crippen LogP contribution in [-0.4, -0.2) is 36.8 Å². The summed E-state index contributed by atoms with van der Waals surface area (Å²) in [6, 6.07) is 2.52. The number of anilines is 1. The van der Waals surface area contributed by atoms with Crippen LogP contribution < -0.4 is 10.5 Å². The zero-order chi connectivity index (χ0) is 21.1. The van der Waals surface area contributed by atoms with Crippen molar-refractivity contribution in [3.05, 3.63) is 18.3 Å². The molecular formula is C14H23BN2O2. The summed E-state index contributed by atoms with van der Waals surface area (Å²) < 4.78 is 72.8. The molecule has 0 N–H and O–H groups in total. The third-order valence-corrected chi connectivity index (χ3v) is 3.63. The lowest BCUT2D eigenvalue weighted by atomic mass is 9.84.